The molecule has 0 spiro atoms. The second-order valence-electron chi connectivity index (χ2n) is 7.77. The Bertz CT molecular complexity index is 1320. The van der Waals surface area contributed by atoms with Gasteiger partial charge in [-0.3, -0.25) is 14.5 Å². The molecule has 4 rings (SSSR count). The summed E-state index contributed by atoms with van der Waals surface area (Å²) >= 11 is 0. The standard InChI is InChI=1S/C24H26N6O4/c1-3-34-23(31)16-30-22(26-27-28-30)15-29(13-17-7-5-4-6-8-17)14-19-11-18-12-20(33-2)9-10-21(18)25-24(19)32/h4-12H,3,13-16H2,1-2H3,(H,25,32). The van der Waals surface area contributed by atoms with Crippen LogP contribution in [0.2, 0.25) is 0 Å². The van der Waals surface area contributed by atoms with Gasteiger partial charge in [0.25, 0.3) is 5.56 Å². The van der Waals surface area contributed by atoms with Crippen molar-refractivity contribution in [1.82, 2.24) is 30.1 Å². The number of aromatic amines is 1. The molecule has 0 unspecified atom stereocenters. The van der Waals surface area contributed by atoms with Crippen LogP contribution in [0.5, 0.6) is 5.75 Å². The van der Waals surface area contributed by atoms with E-state index in [1.165, 1.54) is 4.68 Å². The minimum Gasteiger partial charge on any atom is -0.497 e. The zero-order chi connectivity index (χ0) is 23.9. The summed E-state index contributed by atoms with van der Waals surface area (Å²) in [6.07, 6.45) is 0. The molecule has 176 valence electrons. The van der Waals surface area contributed by atoms with Gasteiger partial charge in [0.05, 0.1) is 20.3 Å². The second-order valence-corrected chi connectivity index (χ2v) is 7.77. The molecular formula is C24H26N6O4. The van der Waals surface area contributed by atoms with Crippen molar-refractivity contribution in [2.45, 2.75) is 33.1 Å². The number of hydrogen-bond acceptors (Lipinski definition) is 8. The molecule has 0 radical (unpaired) electrons. The van der Waals surface area contributed by atoms with Gasteiger partial charge < -0.3 is 14.5 Å². The average Bonchev–Trinajstić information content (AvgIpc) is 3.26. The van der Waals surface area contributed by atoms with E-state index in [4.69, 9.17) is 9.47 Å². The highest BCUT2D eigenvalue weighted by molar-refractivity contribution is 5.80. The van der Waals surface area contributed by atoms with Gasteiger partial charge in [0, 0.05) is 29.6 Å². The van der Waals surface area contributed by atoms with E-state index in [1.54, 1.807) is 14.0 Å². The number of nitrogens with zero attached hydrogens (tertiary/aromatic N) is 5. The molecule has 0 atom stereocenters. The number of tetrazole rings is 1. The van der Waals surface area contributed by atoms with E-state index in [0.717, 1.165) is 16.5 Å². The summed E-state index contributed by atoms with van der Waals surface area (Å²) in [7, 11) is 1.61. The lowest BCUT2D eigenvalue weighted by Crippen LogP contribution is -2.28. The number of aromatic nitrogens is 5. The molecule has 0 aliphatic rings. The Morgan fingerprint density at radius 2 is 1.91 bits per heavy atom. The third-order valence-corrected chi connectivity index (χ3v) is 5.33. The lowest BCUT2D eigenvalue weighted by molar-refractivity contribution is -0.144. The van der Waals surface area contributed by atoms with Crippen molar-refractivity contribution < 1.29 is 14.3 Å². The molecule has 10 nitrogen and oxygen atoms in total. The SMILES string of the molecule is CCOC(=O)Cn1nnnc1CN(Cc1ccccc1)Cc1cc2cc(OC)ccc2[nH]c1=O. The number of ether oxygens (including phenoxy) is 2. The lowest BCUT2D eigenvalue weighted by atomic mass is 10.1. The summed E-state index contributed by atoms with van der Waals surface area (Å²) in [5.74, 6) is 0.804. The van der Waals surface area contributed by atoms with Gasteiger partial charge in [-0.2, -0.15) is 0 Å². The number of pyridine rings is 1. The minimum absolute atomic E-state index is 0.0777. The molecule has 0 saturated heterocycles. The van der Waals surface area contributed by atoms with Crippen molar-refractivity contribution in [2.24, 2.45) is 0 Å². The third-order valence-electron chi connectivity index (χ3n) is 5.33. The van der Waals surface area contributed by atoms with Crippen LogP contribution in [-0.4, -0.2) is 49.8 Å². The molecule has 2 heterocycles. The van der Waals surface area contributed by atoms with Gasteiger partial charge in [0.15, 0.2) is 5.82 Å². The maximum atomic E-state index is 12.8. The van der Waals surface area contributed by atoms with Crippen LogP contribution in [0, 0.1) is 0 Å². The fraction of sp³-hybridized carbons (Fsp3) is 0.292. The molecule has 0 saturated carbocycles. The van der Waals surface area contributed by atoms with Gasteiger partial charge in [-0.15, -0.1) is 5.10 Å². The van der Waals surface area contributed by atoms with Crippen molar-refractivity contribution in [3.05, 3.63) is 81.9 Å². The first-order valence-electron chi connectivity index (χ1n) is 10.9. The number of fused-ring (bicyclic) bond motifs is 1. The molecule has 2 aromatic heterocycles. The zero-order valence-electron chi connectivity index (χ0n) is 19.1. The Labute approximate surface area is 196 Å². The van der Waals surface area contributed by atoms with Gasteiger partial charge in [-0.1, -0.05) is 30.3 Å². The largest absolute Gasteiger partial charge is 0.497 e. The Morgan fingerprint density at radius 1 is 1.09 bits per heavy atom. The molecule has 0 fully saturated rings. The first-order chi connectivity index (χ1) is 16.6. The van der Waals surface area contributed by atoms with Crippen molar-refractivity contribution in [2.75, 3.05) is 13.7 Å². The van der Waals surface area contributed by atoms with E-state index in [-0.39, 0.29) is 18.7 Å². The number of hydrogen-bond donors (Lipinski definition) is 1. The molecule has 0 bridgehead atoms. The monoisotopic (exact) mass is 462 g/mol. The Morgan fingerprint density at radius 3 is 2.68 bits per heavy atom. The highest BCUT2D eigenvalue weighted by Gasteiger charge is 2.17. The Kier molecular flexibility index (Phi) is 7.28. The van der Waals surface area contributed by atoms with Crippen LogP contribution in [0.3, 0.4) is 0 Å². The Balaban J connectivity index is 1.62. The minimum atomic E-state index is -0.411. The second kappa shape index (κ2) is 10.7. The molecule has 0 aliphatic heterocycles. The summed E-state index contributed by atoms with van der Waals surface area (Å²) in [4.78, 5) is 29.8. The van der Waals surface area contributed by atoms with Crippen LogP contribution >= 0.6 is 0 Å². The van der Waals surface area contributed by atoms with Gasteiger partial charge in [0.1, 0.15) is 12.3 Å². The fourth-order valence-electron chi connectivity index (χ4n) is 3.71. The number of H-pyrrole nitrogens is 1. The number of carbonyl (C=O) groups excluding carboxylic acids is 1. The number of carbonyl (C=O) groups is 1. The van der Waals surface area contributed by atoms with Crippen LogP contribution in [0.1, 0.15) is 23.9 Å². The van der Waals surface area contributed by atoms with Crippen LogP contribution in [0.25, 0.3) is 10.9 Å². The van der Waals surface area contributed by atoms with Crippen LogP contribution in [-0.2, 0) is 35.7 Å². The average molecular weight is 463 g/mol. The van der Waals surface area contributed by atoms with E-state index >= 15 is 0 Å². The number of nitrogens with one attached hydrogen (secondary N) is 1. The predicted octanol–water partition coefficient (Wildman–Crippen LogP) is 2.29. The number of benzene rings is 2. The maximum Gasteiger partial charge on any atom is 0.327 e. The maximum absolute atomic E-state index is 12.8. The molecule has 0 aliphatic carbocycles. The predicted molar refractivity (Wildman–Crippen MR) is 125 cm³/mol. The van der Waals surface area contributed by atoms with E-state index in [0.29, 0.717) is 36.8 Å². The number of methoxy groups -OCH3 is 1. The molecule has 0 amide bonds. The summed E-state index contributed by atoms with van der Waals surface area (Å²) in [5, 5.41) is 12.6. The highest BCUT2D eigenvalue weighted by atomic mass is 16.5. The fourth-order valence-corrected chi connectivity index (χ4v) is 3.71. The third kappa shape index (κ3) is 5.65. The van der Waals surface area contributed by atoms with Gasteiger partial charge in [0.2, 0.25) is 0 Å². The molecule has 1 N–H and O–H groups in total. The topological polar surface area (TPSA) is 115 Å². The van der Waals surface area contributed by atoms with E-state index in [1.807, 2.05) is 54.6 Å². The van der Waals surface area contributed by atoms with Crippen LogP contribution < -0.4 is 10.3 Å². The zero-order valence-corrected chi connectivity index (χ0v) is 19.1. The first kappa shape index (κ1) is 23.1. The van der Waals surface area contributed by atoms with E-state index in [2.05, 4.69) is 25.4 Å². The van der Waals surface area contributed by atoms with Crippen LogP contribution in [0.4, 0.5) is 0 Å². The molecule has 2 aromatic carbocycles. The molecular weight excluding hydrogens is 436 g/mol. The summed E-state index contributed by atoms with van der Waals surface area (Å²) in [5.41, 5.74) is 2.25. The van der Waals surface area contributed by atoms with Gasteiger partial charge in [-0.25, -0.2) is 4.68 Å². The molecule has 4 aromatic rings. The molecule has 34 heavy (non-hydrogen) atoms. The summed E-state index contributed by atoms with van der Waals surface area (Å²) < 4.78 is 11.8. The normalized spacial score (nSPS) is 11.1. The van der Waals surface area contributed by atoms with E-state index < -0.39 is 5.97 Å². The summed E-state index contributed by atoms with van der Waals surface area (Å²) in [6, 6.07) is 17.3. The summed E-state index contributed by atoms with van der Waals surface area (Å²) in [6.45, 7) is 3.19. The Hall–Kier alpha value is -4.05. The smallest absolute Gasteiger partial charge is 0.327 e. The first-order valence-corrected chi connectivity index (χ1v) is 10.9. The highest BCUT2D eigenvalue weighted by Crippen LogP contribution is 2.20. The van der Waals surface area contributed by atoms with Crippen molar-refractivity contribution >= 4 is 16.9 Å². The number of esters is 1. The number of rotatable bonds is 10. The van der Waals surface area contributed by atoms with Crippen molar-refractivity contribution in [1.29, 1.82) is 0 Å². The van der Waals surface area contributed by atoms with Crippen LogP contribution in [0.15, 0.2) is 59.4 Å². The van der Waals surface area contributed by atoms with E-state index in [9.17, 15) is 9.59 Å². The van der Waals surface area contributed by atoms with Gasteiger partial charge in [-0.05, 0) is 47.2 Å². The van der Waals surface area contributed by atoms with Crippen molar-refractivity contribution in [3.63, 3.8) is 0 Å². The lowest BCUT2D eigenvalue weighted by Gasteiger charge is -2.22. The quantitative estimate of drug-likeness (QED) is 0.357. The van der Waals surface area contributed by atoms with Crippen molar-refractivity contribution in [3.8, 4) is 5.75 Å². The molecule has 10 heteroatoms. The van der Waals surface area contributed by atoms with Gasteiger partial charge >= 0.3 is 5.97 Å².